The van der Waals surface area contributed by atoms with E-state index in [4.69, 9.17) is 18.7 Å². The lowest BCUT2D eigenvalue weighted by Gasteiger charge is -2.07. The number of carbonyl (C=O) groups excluding carboxylic acids is 1. The van der Waals surface area contributed by atoms with Crippen LogP contribution in [-0.4, -0.2) is 36.1 Å². The average molecular weight is 400 g/mol. The number of aromatic nitrogens is 2. The van der Waals surface area contributed by atoms with Gasteiger partial charge in [0, 0.05) is 16.7 Å². The molecule has 0 N–H and O–H groups in total. The molecule has 2 aromatic carbocycles. The summed E-state index contributed by atoms with van der Waals surface area (Å²) in [6.07, 6.45) is 0.298. The van der Waals surface area contributed by atoms with Gasteiger partial charge in [-0.2, -0.15) is 4.98 Å². The topological polar surface area (TPSA) is 83.7 Å². The maximum absolute atomic E-state index is 11.9. The monoisotopic (exact) mass is 400 g/mol. The number of ether oxygens (including phenoxy) is 3. The van der Waals surface area contributed by atoms with E-state index < -0.39 is 0 Å². The minimum absolute atomic E-state index is 0.0691. The Kier molecular flexibility index (Phi) is 6.91. The summed E-state index contributed by atoms with van der Waals surface area (Å²) in [7, 11) is 3.13. The molecule has 0 atom stereocenters. The summed E-state index contributed by atoms with van der Waals surface area (Å²) in [4.78, 5) is 17.3. The normalized spacial score (nSPS) is 10.5. The van der Waals surface area contributed by atoms with E-state index >= 15 is 0 Å². The fraction of sp³-hybridized carbons (Fsp3) is 0.250. The van der Waals surface area contributed by atoms with Crippen molar-refractivity contribution in [3.8, 4) is 22.9 Å². The predicted molar refractivity (Wildman–Crippen MR) is 104 cm³/mol. The van der Waals surface area contributed by atoms with Crippen LogP contribution >= 0.6 is 11.8 Å². The predicted octanol–water partition coefficient (Wildman–Crippen LogP) is 3.98. The fourth-order valence-electron chi connectivity index (χ4n) is 2.39. The molecule has 0 aliphatic carbocycles. The molecule has 0 fully saturated rings. The van der Waals surface area contributed by atoms with E-state index in [0.29, 0.717) is 35.1 Å². The zero-order valence-corrected chi connectivity index (χ0v) is 16.4. The van der Waals surface area contributed by atoms with Gasteiger partial charge in [-0.1, -0.05) is 23.4 Å². The molecule has 8 heteroatoms. The first-order chi connectivity index (χ1) is 13.7. The second kappa shape index (κ2) is 9.80. The van der Waals surface area contributed by atoms with E-state index in [1.54, 1.807) is 44.2 Å². The summed E-state index contributed by atoms with van der Waals surface area (Å²) in [5, 5.41) is 3.93. The van der Waals surface area contributed by atoms with Crippen molar-refractivity contribution in [2.24, 2.45) is 0 Å². The van der Waals surface area contributed by atoms with E-state index in [-0.39, 0.29) is 18.5 Å². The zero-order valence-electron chi connectivity index (χ0n) is 15.6. The van der Waals surface area contributed by atoms with E-state index in [1.807, 2.05) is 30.3 Å². The number of benzene rings is 2. The summed E-state index contributed by atoms with van der Waals surface area (Å²) in [6, 6.07) is 15.2. The number of methoxy groups -OCH3 is 2. The first kappa shape index (κ1) is 19.8. The number of thioether (sulfide) groups is 1. The molecule has 3 rings (SSSR count). The Bertz CT molecular complexity index is 914. The van der Waals surface area contributed by atoms with Gasteiger partial charge in [0.25, 0.3) is 5.89 Å². The van der Waals surface area contributed by atoms with Gasteiger partial charge in [-0.3, -0.25) is 4.79 Å². The van der Waals surface area contributed by atoms with Crippen molar-refractivity contribution < 1.29 is 23.5 Å². The molecular weight excluding hydrogens is 380 g/mol. The molecule has 0 aliphatic rings. The number of carbonyl (C=O) groups is 1. The molecular formula is C20H20N2O5S. The number of hydrogen-bond donors (Lipinski definition) is 0. The highest BCUT2D eigenvalue weighted by atomic mass is 32.2. The Hall–Kier alpha value is -3.00. The van der Waals surface area contributed by atoms with Crippen LogP contribution in [0.2, 0.25) is 0 Å². The highest BCUT2D eigenvalue weighted by Crippen LogP contribution is 2.31. The summed E-state index contributed by atoms with van der Waals surface area (Å²) >= 11 is 1.60. The van der Waals surface area contributed by atoms with E-state index in [9.17, 15) is 4.79 Å². The molecule has 1 aromatic heterocycles. The molecule has 0 spiro atoms. The Morgan fingerprint density at radius 1 is 1.11 bits per heavy atom. The van der Waals surface area contributed by atoms with Crippen LogP contribution in [0.5, 0.6) is 11.5 Å². The third-order valence-corrected chi connectivity index (χ3v) is 4.81. The Balaban J connectivity index is 1.51. The maximum atomic E-state index is 11.9. The number of esters is 1. The van der Waals surface area contributed by atoms with Crippen molar-refractivity contribution in [3.05, 3.63) is 54.4 Å². The van der Waals surface area contributed by atoms with Gasteiger partial charge in [0.15, 0.2) is 6.61 Å². The SMILES string of the molecule is COc1ccc(-c2noc(COC(=O)CCSc3ccccc3)n2)c(OC)c1. The molecule has 0 aliphatic heterocycles. The lowest BCUT2D eigenvalue weighted by atomic mass is 10.2. The van der Waals surface area contributed by atoms with Crippen LogP contribution in [0, 0.1) is 0 Å². The van der Waals surface area contributed by atoms with Gasteiger partial charge in [0.2, 0.25) is 5.82 Å². The van der Waals surface area contributed by atoms with Crippen LogP contribution in [0.3, 0.4) is 0 Å². The highest BCUT2D eigenvalue weighted by molar-refractivity contribution is 7.99. The van der Waals surface area contributed by atoms with Crippen LogP contribution in [0.4, 0.5) is 0 Å². The van der Waals surface area contributed by atoms with Gasteiger partial charge in [-0.05, 0) is 24.3 Å². The maximum Gasteiger partial charge on any atom is 0.307 e. The van der Waals surface area contributed by atoms with Crippen LogP contribution in [0.1, 0.15) is 12.3 Å². The minimum Gasteiger partial charge on any atom is -0.497 e. The summed E-state index contributed by atoms with van der Waals surface area (Å²) in [5.41, 5.74) is 0.656. The van der Waals surface area contributed by atoms with Crippen LogP contribution in [0.25, 0.3) is 11.4 Å². The third-order valence-electron chi connectivity index (χ3n) is 3.79. The number of rotatable bonds is 9. The van der Waals surface area contributed by atoms with Crippen molar-refractivity contribution in [3.63, 3.8) is 0 Å². The molecule has 0 saturated heterocycles. The second-order valence-corrected chi connectivity index (χ2v) is 6.82. The molecule has 0 bridgehead atoms. The summed E-state index contributed by atoms with van der Waals surface area (Å²) in [5.74, 6) is 2.11. The van der Waals surface area contributed by atoms with Crippen molar-refractivity contribution in [1.29, 1.82) is 0 Å². The highest BCUT2D eigenvalue weighted by Gasteiger charge is 2.15. The molecule has 28 heavy (non-hydrogen) atoms. The standard InChI is InChI=1S/C20H20N2O5S/c1-24-14-8-9-16(17(12-14)25-2)20-21-18(27-22-20)13-26-19(23)10-11-28-15-6-4-3-5-7-15/h3-9,12H,10-11,13H2,1-2H3. The Morgan fingerprint density at radius 2 is 1.93 bits per heavy atom. The lowest BCUT2D eigenvalue weighted by molar-refractivity contribution is -0.145. The smallest absolute Gasteiger partial charge is 0.307 e. The Morgan fingerprint density at radius 3 is 2.68 bits per heavy atom. The molecule has 1 heterocycles. The molecule has 7 nitrogen and oxygen atoms in total. The average Bonchev–Trinajstić information content (AvgIpc) is 3.21. The molecule has 0 amide bonds. The number of nitrogens with zero attached hydrogens (tertiary/aromatic N) is 2. The zero-order chi connectivity index (χ0) is 19.8. The molecule has 0 saturated carbocycles. The van der Waals surface area contributed by atoms with Gasteiger partial charge in [0.1, 0.15) is 11.5 Å². The minimum atomic E-state index is -0.315. The molecule has 0 radical (unpaired) electrons. The van der Waals surface area contributed by atoms with Crippen LogP contribution in [-0.2, 0) is 16.1 Å². The van der Waals surface area contributed by atoms with Gasteiger partial charge < -0.3 is 18.7 Å². The van der Waals surface area contributed by atoms with Crippen molar-refractivity contribution in [1.82, 2.24) is 10.1 Å². The molecule has 3 aromatic rings. The first-order valence-electron chi connectivity index (χ1n) is 8.58. The van der Waals surface area contributed by atoms with Crippen molar-refractivity contribution in [2.45, 2.75) is 17.9 Å². The van der Waals surface area contributed by atoms with E-state index in [0.717, 1.165) is 4.90 Å². The van der Waals surface area contributed by atoms with Crippen molar-refractivity contribution >= 4 is 17.7 Å². The number of hydrogen-bond acceptors (Lipinski definition) is 8. The van der Waals surface area contributed by atoms with Crippen molar-refractivity contribution in [2.75, 3.05) is 20.0 Å². The summed E-state index contributed by atoms with van der Waals surface area (Å²) < 4.78 is 20.9. The van der Waals surface area contributed by atoms with Gasteiger partial charge in [0.05, 0.1) is 26.2 Å². The van der Waals surface area contributed by atoms with Gasteiger partial charge in [-0.25, -0.2) is 0 Å². The van der Waals surface area contributed by atoms with Crippen LogP contribution < -0.4 is 9.47 Å². The largest absolute Gasteiger partial charge is 0.497 e. The third kappa shape index (κ3) is 5.26. The fourth-order valence-corrected chi connectivity index (χ4v) is 3.24. The van der Waals surface area contributed by atoms with Crippen LogP contribution in [0.15, 0.2) is 57.9 Å². The Labute approximate surface area is 167 Å². The van der Waals surface area contributed by atoms with Gasteiger partial charge in [-0.15, -0.1) is 11.8 Å². The quantitative estimate of drug-likeness (QED) is 0.394. The van der Waals surface area contributed by atoms with E-state index in [2.05, 4.69) is 10.1 Å². The van der Waals surface area contributed by atoms with Gasteiger partial charge >= 0.3 is 5.97 Å². The second-order valence-electron chi connectivity index (χ2n) is 5.65. The van der Waals surface area contributed by atoms with E-state index in [1.165, 1.54) is 0 Å². The lowest BCUT2D eigenvalue weighted by Crippen LogP contribution is -2.05. The first-order valence-corrected chi connectivity index (χ1v) is 9.56. The molecule has 146 valence electrons. The summed E-state index contributed by atoms with van der Waals surface area (Å²) in [6.45, 7) is -0.0691. The molecule has 0 unspecified atom stereocenters.